The summed E-state index contributed by atoms with van der Waals surface area (Å²) in [6.45, 7) is 1.96. The van der Waals surface area contributed by atoms with Crippen LogP contribution in [-0.4, -0.2) is 17.9 Å². The van der Waals surface area contributed by atoms with Crippen LogP contribution >= 0.6 is 0 Å². The SMILES string of the molecule is CC(NC(=O)c1ccc(C(=O)NC2CCCCCC2)cc1)c1ccccc1. The molecule has 1 fully saturated rings. The van der Waals surface area contributed by atoms with Crippen LogP contribution in [0.4, 0.5) is 0 Å². The van der Waals surface area contributed by atoms with E-state index in [1.165, 1.54) is 25.7 Å². The first-order chi connectivity index (χ1) is 13.1. The molecule has 4 heteroatoms. The lowest BCUT2D eigenvalue weighted by atomic mass is 10.1. The number of rotatable bonds is 5. The number of nitrogens with one attached hydrogen (secondary N) is 2. The fourth-order valence-corrected chi connectivity index (χ4v) is 3.57. The molecular weight excluding hydrogens is 336 g/mol. The molecule has 0 aromatic heterocycles. The van der Waals surface area contributed by atoms with E-state index in [-0.39, 0.29) is 23.9 Å². The molecule has 2 aromatic carbocycles. The van der Waals surface area contributed by atoms with E-state index < -0.39 is 0 Å². The lowest BCUT2D eigenvalue weighted by molar-refractivity contribution is 0.0924. The van der Waals surface area contributed by atoms with Crippen molar-refractivity contribution in [2.75, 3.05) is 0 Å². The van der Waals surface area contributed by atoms with E-state index in [0.29, 0.717) is 11.1 Å². The Balaban J connectivity index is 1.57. The summed E-state index contributed by atoms with van der Waals surface area (Å²) in [5, 5.41) is 6.13. The topological polar surface area (TPSA) is 58.2 Å². The predicted molar refractivity (Wildman–Crippen MR) is 108 cm³/mol. The standard InChI is InChI=1S/C23H28N2O2/c1-17(18-9-5-4-6-10-18)24-22(26)19-13-15-20(16-14-19)23(27)25-21-11-7-2-3-8-12-21/h4-6,9-10,13-17,21H,2-3,7-8,11-12H2,1H3,(H,24,26)(H,25,27). The van der Waals surface area contributed by atoms with Crippen LogP contribution in [0.2, 0.25) is 0 Å². The molecule has 4 nitrogen and oxygen atoms in total. The molecule has 2 amide bonds. The van der Waals surface area contributed by atoms with Crippen LogP contribution in [-0.2, 0) is 0 Å². The molecule has 2 aromatic rings. The number of benzene rings is 2. The zero-order chi connectivity index (χ0) is 19.1. The van der Waals surface area contributed by atoms with Gasteiger partial charge in [0, 0.05) is 17.2 Å². The van der Waals surface area contributed by atoms with Crippen molar-refractivity contribution in [3.05, 3.63) is 71.3 Å². The maximum Gasteiger partial charge on any atom is 0.251 e. The van der Waals surface area contributed by atoms with Crippen molar-refractivity contribution in [2.45, 2.75) is 57.5 Å². The third-order valence-corrected chi connectivity index (χ3v) is 5.25. The van der Waals surface area contributed by atoms with Gasteiger partial charge < -0.3 is 10.6 Å². The zero-order valence-corrected chi connectivity index (χ0v) is 15.9. The average Bonchev–Trinajstić information content (AvgIpc) is 2.97. The van der Waals surface area contributed by atoms with Gasteiger partial charge >= 0.3 is 0 Å². The molecule has 0 heterocycles. The molecule has 27 heavy (non-hydrogen) atoms. The van der Waals surface area contributed by atoms with Crippen LogP contribution in [0.1, 0.15) is 77.8 Å². The molecule has 1 aliphatic rings. The Morgan fingerprint density at radius 1 is 0.815 bits per heavy atom. The van der Waals surface area contributed by atoms with Gasteiger partial charge in [0.25, 0.3) is 11.8 Å². The van der Waals surface area contributed by atoms with Gasteiger partial charge in [-0.05, 0) is 49.6 Å². The first-order valence-electron chi connectivity index (χ1n) is 9.90. The van der Waals surface area contributed by atoms with Gasteiger partial charge in [-0.3, -0.25) is 9.59 Å². The van der Waals surface area contributed by atoms with Crippen LogP contribution in [0.5, 0.6) is 0 Å². The minimum Gasteiger partial charge on any atom is -0.349 e. The quantitative estimate of drug-likeness (QED) is 0.760. The summed E-state index contributed by atoms with van der Waals surface area (Å²) in [6, 6.07) is 17.0. The van der Waals surface area contributed by atoms with Crippen LogP contribution in [0, 0.1) is 0 Å². The summed E-state index contributed by atoms with van der Waals surface area (Å²) in [5.74, 6) is -0.186. The van der Waals surface area contributed by atoms with E-state index in [1.807, 2.05) is 37.3 Å². The summed E-state index contributed by atoms with van der Waals surface area (Å²) in [6.07, 6.45) is 7.01. The van der Waals surface area contributed by atoms with Crippen molar-refractivity contribution in [1.29, 1.82) is 0 Å². The first-order valence-corrected chi connectivity index (χ1v) is 9.90. The molecule has 0 radical (unpaired) electrons. The summed E-state index contributed by atoms with van der Waals surface area (Å²) in [4.78, 5) is 24.9. The fraction of sp³-hybridized carbons (Fsp3) is 0.391. The lowest BCUT2D eigenvalue weighted by Crippen LogP contribution is -2.34. The van der Waals surface area contributed by atoms with Gasteiger partial charge in [0.15, 0.2) is 0 Å². The van der Waals surface area contributed by atoms with Gasteiger partial charge in [-0.25, -0.2) is 0 Å². The van der Waals surface area contributed by atoms with Crippen LogP contribution in [0.15, 0.2) is 54.6 Å². The largest absolute Gasteiger partial charge is 0.349 e. The van der Waals surface area contributed by atoms with Crippen LogP contribution in [0.3, 0.4) is 0 Å². The zero-order valence-electron chi connectivity index (χ0n) is 15.9. The molecule has 0 saturated heterocycles. The second-order valence-corrected chi connectivity index (χ2v) is 7.35. The maximum absolute atomic E-state index is 12.5. The maximum atomic E-state index is 12.5. The molecule has 2 N–H and O–H groups in total. The highest BCUT2D eigenvalue weighted by atomic mass is 16.2. The van der Waals surface area contributed by atoms with Crippen molar-refractivity contribution in [1.82, 2.24) is 10.6 Å². The lowest BCUT2D eigenvalue weighted by Gasteiger charge is -2.16. The van der Waals surface area contributed by atoms with E-state index >= 15 is 0 Å². The minimum absolute atomic E-state index is 0.0495. The number of hydrogen-bond acceptors (Lipinski definition) is 2. The van der Waals surface area contributed by atoms with Crippen molar-refractivity contribution in [2.24, 2.45) is 0 Å². The Bertz CT molecular complexity index is 748. The monoisotopic (exact) mass is 364 g/mol. The van der Waals surface area contributed by atoms with E-state index in [9.17, 15) is 9.59 Å². The highest BCUT2D eigenvalue weighted by molar-refractivity contribution is 5.98. The summed E-state index contributed by atoms with van der Waals surface area (Å²) < 4.78 is 0. The van der Waals surface area contributed by atoms with Crippen molar-refractivity contribution >= 4 is 11.8 Å². The third kappa shape index (κ3) is 5.43. The number of carbonyl (C=O) groups excluding carboxylic acids is 2. The molecule has 1 aliphatic carbocycles. The Labute approximate surface area is 161 Å². The molecular formula is C23H28N2O2. The van der Waals surface area contributed by atoms with Gasteiger partial charge in [-0.15, -0.1) is 0 Å². The van der Waals surface area contributed by atoms with Crippen LogP contribution < -0.4 is 10.6 Å². The predicted octanol–water partition coefficient (Wildman–Crippen LogP) is 4.63. The second-order valence-electron chi connectivity index (χ2n) is 7.35. The molecule has 1 unspecified atom stereocenters. The van der Waals surface area contributed by atoms with Gasteiger partial charge in [0.1, 0.15) is 0 Å². The minimum atomic E-state index is -0.137. The second kappa shape index (κ2) is 9.36. The summed E-state index contributed by atoms with van der Waals surface area (Å²) in [5.41, 5.74) is 2.22. The molecule has 1 atom stereocenters. The first kappa shape index (κ1) is 19.2. The van der Waals surface area contributed by atoms with E-state index in [2.05, 4.69) is 10.6 Å². The van der Waals surface area contributed by atoms with Crippen molar-refractivity contribution < 1.29 is 9.59 Å². The van der Waals surface area contributed by atoms with Gasteiger partial charge in [0.05, 0.1) is 6.04 Å². The Kier molecular flexibility index (Phi) is 6.64. The number of amides is 2. The highest BCUT2D eigenvalue weighted by Crippen LogP contribution is 2.18. The van der Waals surface area contributed by atoms with E-state index in [0.717, 1.165) is 18.4 Å². The fourth-order valence-electron chi connectivity index (χ4n) is 3.57. The summed E-state index contributed by atoms with van der Waals surface area (Å²) >= 11 is 0. The molecule has 0 bridgehead atoms. The van der Waals surface area contributed by atoms with Gasteiger partial charge in [0.2, 0.25) is 0 Å². The molecule has 1 saturated carbocycles. The summed E-state index contributed by atoms with van der Waals surface area (Å²) in [7, 11) is 0. The van der Waals surface area contributed by atoms with Crippen molar-refractivity contribution in [3.63, 3.8) is 0 Å². The normalized spacial score (nSPS) is 16.2. The van der Waals surface area contributed by atoms with Crippen molar-refractivity contribution in [3.8, 4) is 0 Å². The molecule has 3 rings (SSSR count). The van der Waals surface area contributed by atoms with Crippen LogP contribution in [0.25, 0.3) is 0 Å². The number of hydrogen-bond donors (Lipinski definition) is 2. The van der Waals surface area contributed by atoms with Gasteiger partial charge in [-0.2, -0.15) is 0 Å². The highest BCUT2D eigenvalue weighted by Gasteiger charge is 2.16. The third-order valence-electron chi connectivity index (χ3n) is 5.25. The molecule has 0 aliphatic heterocycles. The van der Waals surface area contributed by atoms with E-state index in [4.69, 9.17) is 0 Å². The Morgan fingerprint density at radius 3 is 1.96 bits per heavy atom. The molecule has 142 valence electrons. The Morgan fingerprint density at radius 2 is 1.37 bits per heavy atom. The van der Waals surface area contributed by atoms with E-state index in [1.54, 1.807) is 24.3 Å². The number of carbonyl (C=O) groups is 2. The Hall–Kier alpha value is -2.62. The van der Waals surface area contributed by atoms with Gasteiger partial charge in [-0.1, -0.05) is 56.0 Å². The average molecular weight is 364 g/mol. The smallest absolute Gasteiger partial charge is 0.251 e. The molecule has 0 spiro atoms.